The molecular weight excluding hydrogens is 400 g/mol. The number of carbonyl (C=O) groups excluding carboxylic acids is 2. The molecule has 174 valence electrons. The number of likely N-dealkylation sites (N-methyl/N-ethyl adjacent to an activating group) is 1. The Bertz CT molecular complexity index is 867. The fraction of sp³-hybridized carbons (Fsp3) is 0.481. The van der Waals surface area contributed by atoms with Crippen LogP contribution in [-0.2, 0) is 28.0 Å². The van der Waals surface area contributed by atoms with Crippen LogP contribution < -0.4 is 10.1 Å². The van der Waals surface area contributed by atoms with Gasteiger partial charge in [0.05, 0.1) is 7.11 Å². The third-order valence-corrected chi connectivity index (χ3v) is 5.70. The minimum absolute atomic E-state index is 0.0150. The molecule has 0 aliphatic heterocycles. The first-order valence-electron chi connectivity index (χ1n) is 11.5. The van der Waals surface area contributed by atoms with Crippen molar-refractivity contribution in [1.29, 1.82) is 0 Å². The summed E-state index contributed by atoms with van der Waals surface area (Å²) in [4.78, 5) is 27.7. The van der Waals surface area contributed by atoms with Crippen LogP contribution in [0.15, 0.2) is 48.5 Å². The number of nitrogens with one attached hydrogen (secondary N) is 1. The van der Waals surface area contributed by atoms with E-state index in [1.165, 1.54) is 5.56 Å². The Morgan fingerprint density at radius 2 is 1.56 bits per heavy atom. The zero-order valence-electron chi connectivity index (χ0n) is 20.4. The van der Waals surface area contributed by atoms with Gasteiger partial charge in [0.25, 0.3) is 0 Å². The second-order valence-corrected chi connectivity index (χ2v) is 9.14. The second kappa shape index (κ2) is 11.7. The lowest BCUT2D eigenvalue weighted by Gasteiger charge is -2.30. The van der Waals surface area contributed by atoms with Crippen LogP contribution in [0.2, 0.25) is 0 Å². The van der Waals surface area contributed by atoms with Gasteiger partial charge in [0.2, 0.25) is 11.8 Å². The standard InChI is InChI=1S/C27H38N2O3/c1-7-24(26(31)28-8-2)29(19-21-11-16-23(32-6)17-12-21)25(30)18-13-20-9-14-22(15-10-20)27(3,4)5/h9-12,14-17,24H,7-8,13,18-19H2,1-6H3,(H,28,31). The Balaban J connectivity index is 2.17. The van der Waals surface area contributed by atoms with Gasteiger partial charge in [-0.1, -0.05) is 64.1 Å². The van der Waals surface area contributed by atoms with Crippen LogP contribution in [0.1, 0.15) is 64.2 Å². The summed E-state index contributed by atoms with van der Waals surface area (Å²) in [6.45, 7) is 11.3. The van der Waals surface area contributed by atoms with E-state index in [0.717, 1.165) is 16.9 Å². The second-order valence-electron chi connectivity index (χ2n) is 9.14. The van der Waals surface area contributed by atoms with Crippen molar-refractivity contribution in [2.24, 2.45) is 0 Å². The lowest BCUT2D eigenvalue weighted by Crippen LogP contribution is -2.49. The van der Waals surface area contributed by atoms with Crippen molar-refractivity contribution in [2.45, 2.75) is 71.9 Å². The third-order valence-electron chi connectivity index (χ3n) is 5.70. The molecule has 5 nitrogen and oxygen atoms in total. The molecule has 2 rings (SSSR count). The largest absolute Gasteiger partial charge is 0.497 e. The summed E-state index contributed by atoms with van der Waals surface area (Å²) in [7, 11) is 1.63. The SMILES string of the molecule is CCNC(=O)C(CC)N(Cc1ccc(OC)cc1)C(=O)CCc1ccc(C(C)(C)C)cc1. The highest BCUT2D eigenvalue weighted by Gasteiger charge is 2.28. The van der Waals surface area contributed by atoms with Crippen LogP contribution in [0.4, 0.5) is 0 Å². The van der Waals surface area contributed by atoms with Crippen LogP contribution in [0.25, 0.3) is 0 Å². The molecule has 0 heterocycles. The molecule has 0 saturated carbocycles. The summed E-state index contributed by atoms with van der Waals surface area (Å²) in [5.41, 5.74) is 3.47. The quantitative estimate of drug-likeness (QED) is 0.576. The molecule has 32 heavy (non-hydrogen) atoms. The van der Waals surface area contributed by atoms with Gasteiger partial charge in [-0.2, -0.15) is 0 Å². The van der Waals surface area contributed by atoms with Gasteiger partial charge in [0, 0.05) is 19.5 Å². The van der Waals surface area contributed by atoms with E-state index >= 15 is 0 Å². The Kier molecular flexibility index (Phi) is 9.30. The Hall–Kier alpha value is -2.82. The summed E-state index contributed by atoms with van der Waals surface area (Å²) in [5, 5.41) is 2.88. The van der Waals surface area contributed by atoms with Crippen LogP contribution >= 0.6 is 0 Å². The molecule has 0 bridgehead atoms. The van der Waals surface area contributed by atoms with Gasteiger partial charge in [0.1, 0.15) is 11.8 Å². The number of ether oxygens (including phenoxy) is 1. The van der Waals surface area contributed by atoms with Gasteiger partial charge in [-0.25, -0.2) is 0 Å². The van der Waals surface area contributed by atoms with Crippen molar-refractivity contribution in [3.8, 4) is 5.75 Å². The van der Waals surface area contributed by atoms with Gasteiger partial charge in [-0.15, -0.1) is 0 Å². The number of hydrogen-bond donors (Lipinski definition) is 1. The number of methoxy groups -OCH3 is 1. The maximum atomic E-state index is 13.3. The molecule has 0 aliphatic carbocycles. The molecule has 0 spiro atoms. The topological polar surface area (TPSA) is 58.6 Å². The first-order valence-corrected chi connectivity index (χ1v) is 11.5. The zero-order chi connectivity index (χ0) is 23.7. The van der Waals surface area contributed by atoms with Gasteiger partial charge >= 0.3 is 0 Å². The van der Waals surface area contributed by atoms with E-state index in [1.54, 1.807) is 12.0 Å². The maximum Gasteiger partial charge on any atom is 0.242 e. The van der Waals surface area contributed by atoms with Crippen LogP contribution in [0.5, 0.6) is 5.75 Å². The summed E-state index contributed by atoms with van der Waals surface area (Å²) in [6, 6.07) is 15.6. The molecule has 1 atom stereocenters. The predicted octanol–water partition coefficient (Wildman–Crippen LogP) is 4.87. The highest BCUT2D eigenvalue weighted by molar-refractivity contribution is 5.87. The third kappa shape index (κ3) is 7.11. The molecule has 0 aliphatic rings. The molecule has 0 aromatic heterocycles. The number of nitrogens with zero attached hydrogens (tertiary/aromatic N) is 1. The van der Waals surface area contributed by atoms with E-state index < -0.39 is 6.04 Å². The smallest absolute Gasteiger partial charge is 0.242 e. The maximum absolute atomic E-state index is 13.3. The van der Waals surface area contributed by atoms with Crippen molar-refractivity contribution in [1.82, 2.24) is 10.2 Å². The van der Waals surface area contributed by atoms with Gasteiger partial charge in [0.15, 0.2) is 0 Å². The van der Waals surface area contributed by atoms with Crippen LogP contribution in [0.3, 0.4) is 0 Å². The number of hydrogen-bond acceptors (Lipinski definition) is 3. The van der Waals surface area contributed by atoms with E-state index in [4.69, 9.17) is 4.74 Å². The number of amides is 2. The number of aryl methyl sites for hydroxylation is 1. The Morgan fingerprint density at radius 3 is 2.06 bits per heavy atom. The van der Waals surface area contributed by atoms with Gasteiger partial charge in [-0.3, -0.25) is 9.59 Å². The molecule has 0 radical (unpaired) electrons. The van der Waals surface area contributed by atoms with Crippen molar-refractivity contribution >= 4 is 11.8 Å². The van der Waals surface area contributed by atoms with Crippen molar-refractivity contribution in [2.75, 3.05) is 13.7 Å². The van der Waals surface area contributed by atoms with Crippen LogP contribution in [0, 0.1) is 0 Å². The first-order chi connectivity index (χ1) is 15.2. The van der Waals surface area contributed by atoms with E-state index in [1.807, 2.05) is 38.1 Å². The summed E-state index contributed by atoms with van der Waals surface area (Å²) in [5.74, 6) is 0.645. The van der Waals surface area contributed by atoms with Crippen molar-refractivity contribution in [3.63, 3.8) is 0 Å². The summed E-state index contributed by atoms with van der Waals surface area (Å²) >= 11 is 0. The molecule has 1 N–H and O–H groups in total. The minimum Gasteiger partial charge on any atom is -0.497 e. The van der Waals surface area contributed by atoms with E-state index in [-0.39, 0.29) is 17.2 Å². The fourth-order valence-corrected chi connectivity index (χ4v) is 3.71. The predicted molar refractivity (Wildman–Crippen MR) is 130 cm³/mol. The van der Waals surface area contributed by atoms with Crippen molar-refractivity contribution in [3.05, 3.63) is 65.2 Å². The van der Waals surface area contributed by atoms with Gasteiger partial charge in [-0.05, 0) is 54.0 Å². The Labute approximate surface area is 193 Å². The summed E-state index contributed by atoms with van der Waals surface area (Å²) < 4.78 is 5.23. The fourth-order valence-electron chi connectivity index (χ4n) is 3.71. The average molecular weight is 439 g/mol. The molecule has 0 fully saturated rings. The van der Waals surface area contributed by atoms with Crippen LogP contribution in [-0.4, -0.2) is 36.4 Å². The number of carbonyl (C=O) groups is 2. The van der Waals surface area contributed by atoms with Crippen molar-refractivity contribution < 1.29 is 14.3 Å². The first kappa shape index (κ1) is 25.4. The molecular formula is C27H38N2O3. The zero-order valence-corrected chi connectivity index (χ0v) is 20.4. The molecule has 0 saturated heterocycles. The molecule has 2 amide bonds. The normalized spacial score (nSPS) is 12.2. The number of rotatable bonds is 10. The monoisotopic (exact) mass is 438 g/mol. The minimum atomic E-state index is -0.493. The molecule has 1 unspecified atom stereocenters. The van der Waals surface area contributed by atoms with Gasteiger partial charge < -0.3 is 15.0 Å². The Morgan fingerprint density at radius 1 is 0.969 bits per heavy atom. The number of benzene rings is 2. The van der Waals surface area contributed by atoms with E-state index in [9.17, 15) is 9.59 Å². The van der Waals surface area contributed by atoms with E-state index in [2.05, 4.69) is 50.4 Å². The lowest BCUT2D eigenvalue weighted by molar-refractivity contribution is -0.141. The molecule has 2 aromatic carbocycles. The highest BCUT2D eigenvalue weighted by atomic mass is 16.5. The van der Waals surface area contributed by atoms with E-state index in [0.29, 0.717) is 32.4 Å². The summed E-state index contributed by atoms with van der Waals surface area (Å²) in [6.07, 6.45) is 1.57. The molecule has 5 heteroatoms. The molecule has 2 aromatic rings. The highest BCUT2D eigenvalue weighted by Crippen LogP contribution is 2.23. The average Bonchev–Trinajstić information content (AvgIpc) is 2.77. The lowest BCUT2D eigenvalue weighted by atomic mass is 9.86.